The van der Waals surface area contributed by atoms with Crippen molar-refractivity contribution in [1.29, 1.82) is 0 Å². The van der Waals surface area contributed by atoms with Crippen molar-refractivity contribution in [2.45, 2.75) is 13.3 Å². The van der Waals surface area contributed by atoms with Gasteiger partial charge in [-0.25, -0.2) is 0 Å². The van der Waals surface area contributed by atoms with E-state index in [2.05, 4.69) is 0 Å². The maximum atomic E-state index is 12.9. The highest BCUT2D eigenvalue weighted by Crippen LogP contribution is 2.25. The van der Waals surface area contributed by atoms with Crippen LogP contribution in [0, 0.1) is 10.1 Å². The first-order valence-corrected chi connectivity index (χ1v) is 8.09. The molecule has 3 aromatic rings. The summed E-state index contributed by atoms with van der Waals surface area (Å²) in [5.74, 6) is -0.578. The molecule has 0 aliphatic carbocycles. The third kappa shape index (κ3) is 3.21. The van der Waals surface area contributed by atoms with Gasteiger partial charge in [-0.2, -0.15) is 0 Å². The van der Waals surface area contributed by atoms with Crippen LogP contribution in [0.1, 0.15) is 12.6 Å². The average molecular weight is 359 g/mol. The van der Waals surface area contributed by atoms with Crippen LogP contribution in [0.25, 0.3) is 22.3 Å². The van der Waals surface area contributed by atoms with Crippen LogP contribution in [-0.2, 0) is 16.0 Å². The quantitative estimate of drug-likeness (QED) is 0.529. The summed E-state index contributed by atoms with van der Waals surface area (Å²) in [6.07, 6.45) is -0.313. The van der Waals surface area contributed by atoms with E-state index in [0.29, 0.717) is 19.7 Å². The number of carbonyl (C=O) groups excluding carboxylic acids is 1. The molecule has 1 aromatic heterocycles. The van der Waals surface area contributed by atoms with Gasteiger partial charge in [-0.3, -0.25) is 4.79 Å². The molecule has 6 nitrogen and oxygen atoms in total. The Labute approximate surface area is 148 Å². The minimum absolute atomic E-state index is 0.0226. The highest BCUT2D eigenvalue weighted by molar-refractivity contribution is 6.31. The number of rotatable bonds is 4. The van der Waals surface area contributed by atoms with Gasteiger partial charge in [0.1, 0.15) is 11.2 Å². The number of esters is 1. The zero-order valence-electron chi connectivity index (χ0n) is 13.4. The molecule has 0 fully saturated rings. The van der Waals surface area contributed by atoms with E-state index in [1.165, 1.54) is 18.2 Å². The van der Waals surface area contributed by atoms with Gasteiger partial charge in [-0.15, -0.1) is 0 Å². The summed E-state index contributed by atoms with van der Waals surface area (Å²) in [5, 5.41) is 13.2. The smallest absolute Gasteiger partial charge is 0.312 e. The molecule has 0 aliphatic rings. The summed E-state index contributed by atoms with van der Waals surface area (Å²) in [6.45, 7) is 1.87. The van der Waals surface area contributed by atoms with Gasteiger partial charge < -0.3 is 14.7 Å². The molecule has 0 bridgehead atoms. The third-order valence-corrected chi connectivity index (χ3v) is 4.00. The Hall–Kier alpha value is -2.86. The monoisotopic (exact) mass is 358 g/mol. The van der Waals surface area contributed by atoms with Crippen LogP contribution >= 0.6 is 11.6 Å². The van der Waals surface area contributed by atoms with Gasteiger partial charge in [0.25, 0.3) is 11.2 Å². The zero-order chi connectivity index (χ0) is 18.0. The van der Waals surface area contributed by atoms with Crippen LogP contribution in [0.5, 0.6) is 0 Å². The van der Waals surface area contributed by atoms with Crippen molar-refractivity contribution in [3.05, 3.63) is 69.4 Å². The lowest BCUT2D eigenvalue weighted by molar-refractivity contribution is -0.452. The topological polar surface area (TPSA) is 77.3 Å². The van der Waals surface area contributed by atoms with E-state index in [0.717, 1.165) is 0 Å². The molecule has 3 rings (SSSR count). The lowest BCUT2D eigenvalue weighted by Crippen LogP contribution is -2.27. The van der Waals surface area contributed by atoms with Gasteiger partial charge in [0.15, 0.2) is 0 Å². The lowest BCUT2D eigenvalue weighted by atomic mass is 10.1. The summed E-state index contributed by atoms with van der Waals surface area (Å²) in [7, 11) is 0. The normalized spacial score (nSPS) is 10.8. The molecule has 128 valence electrons. The van der Waals surface area contributed by atoms with Crippen LogP contribution in [0.3, 0.4) is 0 Å². The number of benzene rings is 2. The van der Waals surface area contributed by atoms with E-state index in [1.807, 2.05) is 0 Å². The van der Waals surface area contributed by atoms with Gasteiger partial charge in [0.2, 0.25) is 0 Å². The zero-order valence-corrected chi connectivity index (χ0v) is 14.2. The van der Waals surface area contributed by atoms with Crippen molar-refractivity contribution in [3.63, 3.8) is 0 Å². The highest BCUT2D eigenvalue weighted by Gasteiger charge is 2.26. The van der Waals surface area contributed by atoms with Crippen LogP contribution in [0.15, 0.2) is 48.5 Å². The molecule has 0 amide bonds. The molecule has 7 heteroatoms. The molecule has 25 heavy (non-hydrogen) atoms. The Morgan fingerprint density at radius 3 is 2.64 bits per heavy atom. The lowest BCUT2D eigenvalue weighted by Gasteiger charge is -2.19. The van der Waals surface area contributed by atoms with Gasteiger partial charge in [0, 0.05) is 16.0 Å². The number of ether oxygens (including phenoxy) is 1. The van der Waals surface area contributed by atoms with E-state index >= 15 is 0 Å². The Kier molecular flexibility index (Phi) is 4.72. The highest BCUT2D eigenvalue weighted by atomic mass is 35.5. The van der Waals surface area contributed by atoms with Crippen molar-refractivity contribution >= 4 is 28.6 Å². The number of halogens is 1. The van der Waals surface area contributed by atoms with E-state index in [9.17, 15) is 14.9 Å². The molecule has 0 unspecified atom stereocenters. The Bertz CT molecular complexity index is 999. The van der Waals surface area contributed by atoms with Gasteiger partial charge in [-0.05, 0) is 31.2 Å². The summed E-state index contributed by atoms with van der Waals surface area (Å²) in [6, 6.07) is 13.2. The van der Waals surface area contributed by atoms with E-state index in [1.54, 1.807) is 37.3 Å². The average Bonchev–Trinajstić information content (AvgIpc) is 2.60. The molecular formula is C18H15ClN2O4. The van der Waals surface area contributed by atoms with E-state index in [4.69, 9.17) is 16.3 Å². The molecular weight excluding hydrogens is 344 g/mol. The summed E-state index contributed by atoms with van der Waals surface area (Å²) in [4.78, 5) is 24.9. The van der Waals surface area contributed by atoms with Gasteiger partial charge in [0.05, 0.1) is 23.0 Å². The third-order valence-electron chi connectivity index (χ3n) is 3.76. The molecule has 0 saturated heterocycles. The molecule has 0 radical (unpaired) electrons. The Morgan fingerprint density at radius 1 is 1.24 bits per heavy atom. The maximum absolute atomic E-state index is 12.9. The summed E-state index contributed by atoms with van der Waals surface area (Å²) in [5.41, 5.74) is 0.957. The fourth-order valence-electron chi connectivity index (χ4n) is 2.69. The summed E-state index contributed by atoms with van der Waals surface area (Å²) < 4.78 is 6.17. The number of fused-ring (bicyclic) bond motifs is 1. The number of hydrogen-bond acceptors (Lipinski definition) is 4. The molecule has 0 saturated carbocycles. The first kappa shape index (κ1) is 17.0. The fourth-order valence-corrected chi connectivity index (χ4v) is 2.86. The Morgan fingerprint density at radius 2 is 1.96 bits per heavy atom. The van der Waals surface area contributed by atoms with Gasteiger partial charge in [-0.1, -0.05) is 29.8 Å². The predicted octanol–water partition coefficient (Wildman–Crippen LogP) is 3.33. The molecule has 0 spiro atoms. The minimum Gasteiger partial charge on any atom is -0.805 e. The minimum atomic E-state index is -0.578. The van der Waals surface area contributed by atoms with Gasteiger partial charge >= 0.3 is 5.97 Å². The first-order chi connectivity index (χ1) is 12.0. The molecule has 2 aromatic carbocycles. The SMILES string of the molecule is CCOC(=O)Cc1c(-c2ccccc2)[n+](=O)c2ccc(Cl)cc2n1[O-]. The Balaban J connectivity index is 2.34. The standard InChI is InChI=1S/C18H15ClN2O4/c1-2-25-17(22)11-16-18(12-6-4-3-5-7-12)21(24)14-9-8-13(19)10-15(14)20(16)23/h3-10H,2,11H2,1H3. The molecule has 1 heterocycles. The van der Waals surface area contributed by atoms with Crippen LogP contribution in [0.4, 0.5) is 0 Å². The van der Waals surface area contributed by atoms with E-state index < -0.39 is 5.97 Å². The summed E-state index contributed by atoms with van der Waals surface area (Å²) >= 11 is 5.95. The molecule has 0 atom stereocenters. The van der Waals surface area contributed by atoms with E-state index in [-0.39, 0.29) is 35.4 Å². The number of aromatic nitrogens is 2. The second-order valence-corrected chi connectivity index (χ2v) is 5.80. The van der Waals surface area contributed by atoms with Crippen molar-refractivity contribution < 1.29 is 14.0 Å². The van der Waals surface area contributed by atoms with Crippen molar-refractivity contribution in [3.8, 4) is 11.3 Å². The molecule has 0 N–H and O–H groups in total. The second-order valence-electron chi connectivity index (χ2n) is 5.36. The second kappa shape index (κ2) is 6.94. The van der Waals surface area contributed by atoms with Crippen LogP contribution in [0.2, 0.25) is 5.02 Å². The van der Waals surface area contributed by atoms with Crippen LogP contribution < -0.4 is 4.43 Å². The maximum Gasteiger partial charge on any atom is 0.312 e. The predicted molar refractivity (Wildman–Crippen MR) is 94.9 cm³/mol. The largest absolute Gasteiger partial charge is 0.805 e. The first-order valence-electron chi connectivity index (χ1n) is 7.71. The fraction of sp³-hybridized carbons (Fsp3) is 0.167. The van der Waals surface area contributed by atoms with Crippen molar-refractivity contribution in [2.24, 2.45) is 0 Å². The van der Waals surface area contributed by atoms with Crippen molar-refractivity contribution in [2.75, 3.05) is 6.61 Å². The van der Waals surface area contributed by atoms with Crippen LogP contribution in [-0.4, -0.2) is 17.3 Å². The molecule has 0 aliphatic heterocycles. The van der Waals surface area contributed by atoms with Crippen molar-refractivity contribution in [1.82, 2.24) is 4.73 Å². The number of hydrogen-bond donors (Lipinski definition) is 0. The number of carbonyl (C=O) groups is 1. The number of nitrogens with zero attached hydrogens (tertiary/aromatic N) is 2.